The third-order valence-corrected chi connectivity index (χ3v) is 2.28. The normalized spacial score (nSPS) is 10.8. The lowest BCUT2D eigenvalue weighted by Gasteiger charge is -1.98. The van der Waals surface area contributed by atoms with Gasteiger partial charge in [0.1, 0.15) is 5.82 Å². The van der Waals surface area contributed by atoms with Crippen molar-refractivity contribution in [2.24, 2.45) is 5.14 Å². The Kier molecular flexibility index (Phi) is 2.32. The van der Waals surface area contributed by atoms with Gasteiger partial charge in [0.2, 0.25) is 15.7 Å². The Morgan fingerprint density at radius 1 is 1.46 bits per heavy atom. The van der Waals surface area contributed by atoms with Crippen LogP contribution in [0, 0.1) is 12.4 Å². The first-order valence-corrected chi connectivity index (χ1v) is 4.69. The molecule has 13 heavy (non-hydrogen) atoms. The van der Waals surface area contributed by atoms with E-state index in [0.717, 1.165) is 18.2 Å². The van der Waals surface area contributed by atoms with E-state index in [1.165, 1.54) is 0 Å². The summed E-state index contributed by atoms with van der Waals surface area (Å²) in [6.45, 7) is 6.52. The van der Waals surface area contributed by atoms with Crippen LogP contribution in [-0.4, -0.2) is 8.42 Å². The van der Waals surface area contributed by atoms with Crippen molar-refractivity contribution in [1.82, 2.24) is 0 Å². The minimum Gasteiger partial charge on any atom is -0.235 e. The molecule has 1 aromatic rings. The molecule has 1 aromatic carbocycles. The Morgan fingerprint density at radius 2 is 2.08 bits per heavy atom. The van der Waals surface area contributed by atoms with Crippen LogP contribution < -0.4 is 5.14 Å². The maximum absolute atomic E-state index is 12.8. The summed E-state index contributed by atoms with van der Waals surface area (Å²) >= 11 is 0. The van der Waals surface area contributed by atoms with Crippen LogP contribution in [0.1, 0.15) is 0 Å². The van der Waals surface area contributed by atoms with Crippen molar-refractivity contribution >= 4 is 15.7 Å². The third-order valence-electron chi connectivity index (χ3n) is 1.37. The maximum atomic E-state index is 12.8. The van der Waals surface area contributed by atoms with Crippen molar-refractivity contribution in [3.05, 3.63) is 35.4 Å². The van der Waals surface area contributed by atoms with E-state index in [0.29, 0.717) is 0 Å². The van der Waals surface area contributed by atoms with Gasteiger partial charge in [-0.3, -0.25) is 0 Å². The Hall–Kier alpha value is -1.45. The summed E-state index contributed by atoms with van der Waals surface area (Å²) in [5, 5.41) is 4.75. The molecule has 0 unspecified atom stereocenters. The Balaban J connectivity index is 3.36. The minimum absolute atomic E-state index is 0.229. The largest absolute Gasteiger partial charge is 0.238 e. The van der Waals surface area contributed by atoms with E-state index in [9.17, 15) is 12.8 Å². The van der Waals surface area contributed by atoms with Crippen LogP contribution in [0.15, 0.2) is 23.1 Å². The number of nitrogens with zero attached hydrogens (tertiary/aromatic N) is 1. The molecule has 0 aliphatic heterocycles. The number of primary sulfonamides is 1. The molecule has 2 N–H and O–H groups in total. The molecule has 0 radical (unpaired) electrons. The predicted octanol–water partition coefficient (Wildman–Crippen LogP) is 1.02. The fourth-order valence-electron chi connectivity index (χ4n) is 0.755. The summed E-state index contributed by atoms with van der Waals surface area (Å²) in [4.78, 5) is 2.50. The van der Waals surface area contributed by atoms with Crippen molar-refractivity contribution in [2.75, 3.05) is 0 Å². The number of halogens is 1. The number of benzene rings is 1. The van der Waals surface area contributed by atoms with Gasteiger partial charge in [-0.1, -0.05) is 12.1 Å². The Labute approximate surface area is 74.7 Å². The van der Waals surface area contributed by atoms with Crippen LogP contribution in [0.25, 0.3) is 4.85 Å². The molecule has 0 spiro atoms. The van der Waals surface area contributed by atoms with E-state index in [2.05, 4.69) is 4.85 Å². The molecular weight excluding hydrogens is 195 g/mol. The standard InChI is InChI=1S/C7H5FN2O2S/c1-10-7-3-2-5(4-6(7)8)13(9,11)12/h2-4H,(H2,9,11,12). The summed E-state index contributed by atoms with van der Waals surface area (Å²) in [7, 11) is -3.89. The zero-order valence-electron chi connectivity index (χ0n) is 6.36. The monoisotopic (exact) mass is 200 g/mol. The van der Waals surface area contributed by atoms with Gasteiger partial charge in [-0.25, -0.2) is 22.8 Å². The van der Waals surface area contributed by atoms with Gasteiger partial charge < -0.3 is 0 Å². The molecule has 0 atom stereocenters. The fourth-order valence-corrected chi connectivity index (χ4v) is 1.28. The van der Waals surface area contributed by atoms with Crippen molar-refractivity contribution < 1.29 is 12.8 Å². The number of hydrogen-bond acceptors (Lipinski definition) is 2. The zero-order chi connectivity index (χ0) is 10.1. The molecule has 0 aliphatic rings. The number of sulfonamides is 1. The van der Waals surface area contributed by atoms with Gasteiger partial charge in [0.15, 0.2) is 0 Å². The zero-order valence-corrected chi connectivity index (χ0v) is 7.18. The SMILES string of the molecule is [C-]#[N+]c1ccc(S(N)(=O)=O)cc1F. The van der Waals surface area contributed by atoms with E-state index in [-0.39, 0.29) is 10.6 Å². The molecule has 0 aromatic heterocycles. The first-order chi connectivity index (χ1) is 5.95. The Morgan fingerprint density at radius 3 is 2.46 bits per heavy atom. The molecule has 0 heterocycles. The van der Waals surface area contributed by atoms with Crippen LogP contribution in [0.5, 0.6) is 0 Å². The third kappa shape index (κ3) is 2.02. The molecule has 1 rings (SSSR count). The predicted molar refractivity (Wildman–Crippen MR) is 44.0 cm³/mol. The van der Waals surface area contributed by atoms with Crippen LogP contribution in [-0.2, 0) is 10.0 Å². The van der Waals surface area contributed by atoms with Gasteiger partial charge in [-0.2, -0.15) is 0 Å². The summed E-state index contributed by atoms with van der Waals surface area (Å²) in [6, 6.07) is 2.89. The lowest BCUT2D eigenvalue weighted by Crippen LogP contribution is -2.12. The van der Waals surface area contributed by atoms with Crippen LogP contribution >= 0.6 is 0 Å². The van der Waals surface area contributed by atoms with Crippen molar-refractivity contribution in [1.29, 1.82) is 0 Å². The number of hydrogen-bond donors (Lipinski definition) is 1. The maximum Gasteiger partial charge on any atom is 0.238 e. The molecule has 6 heteroatoms. The quantitative estimate of drug-likeness (QED) is 0.688. The molecule has 0 saturated heterocycles. The summed E-state index contributed by atoms with van der Waals surface area (Å²) in [5.41, 5.74) is -0.229. The molecule has 0 fully saturated rings. The van der Waals surface area contributed by atoms with Crippen molar-refractivity contribution in [2.45, 2.75) is 4.90 Å². The topological polar surface area (TPSA) is 64.5 Å². The number of rotatable bonds is 1. The molecule has 0 bridgehead atoms. The smallest absolute Gasteiger partial charge is 0.235 e. The van der Waals surface area contributed by atoms with E-state index in [1.54, 1.807) is 0 Å². The molecule has 68 valence electrons. The molecule has 0 amide bonds. The van der Waals surface area contributed by atoms with Gasteiger partial charge >= 0.3 is 0 Å². The summed E-state index contributed by atoms with van der Waals surface area (Å²) in [5.74, 6) is -0.887. The first-order valence-electron chi connectivity index (χ1n) is 3.15. The second-order valence-corrected chi connectivity index (χ2v) is 3.83. The van der Waals surface area contributed by atoms with Gasteiger partial charge in [0.25, 0.3) is 0 Å². The van der Waals surface area contributed by atoms with Crippen molar-refractivity contribution in [3.63, 3.8) is 0 Å². The average Bonchev–Trinajstić information content (AvgIpc) is 2.02. The van der Waals surface area contributed by atoms with Crippen LogP contribution in [0.3, 0.4) is 0 Å². The summed E-state index contributed by atoms with van der Waals surface area (Å²) < 4.78 is 34.3. The fraction of sp³-hybridized carbons (Fsp3) is 0. The van der Waals surface area contributed by atoms with Gasteiger partial charge in [-0.05, 0) is 6.07 Å². The lowest BCUT2D eigenvalue weighted by molar-refractivity contribution is 0.593. The molecular formula is C7H5FN2O2S. The highest BCUT2D eigenvalue weighted by atomic mass is 32.2. The van der Waals surface area contributed by atoms with Crippen LogP contribution in [0.2, 0.25) is 0 Å². The number of nitrogens with two attached hydrogens (primary N) is 1. The summed E-state index contributed by atoms with van der Waals surface area (Å²) in [6.07, 6.45) is 0. The highest BCUT2D eigenvalue weighted by Crippen LogP contribution is 2.20. The Bertz CT molecular complexity index is 476. The van der Waals surface area contributed by atoms with E-state index < -0.39 is 15.8 Å². The molecule has 0 saturated carbocycles. The molecule has 0 aliphatic carbocycles. The van der Waals surface area contributed by atoms with Gasteiger partial charge in [-0.15, -0.1) is 0 Å². The van der Waals surface area contributed by atoms with E-state index in [1.807, 2.05) is 0 Å². The second kappa shape index (κ2) is 3.12. The average molecular weight is 200 g/mol. The lowest BCUT2D eigenvalue weighted by atomic mass is 10.3. The minimum atomic E-state index is -3.89. The van der Waals surface area contributed by atoms with Crippen LogP contribution in [0.4, 0.5) is 10.1 Å². The van der Waals surface area contributed by atoms with Crippen molar-refractivity contribution in [3.8, 4) is 0 Å². The highest BCUT2D eigenvalue weighted by Gasteiger charge is 2.10. The molecule has 4 nitrogen and oxygen atoms in total. The first kappa shape index (κ1) is 9.64. The van der Waals surface area contributed by atoms with E-state index in [4.69, 9.17) is 11.7 Å². The van der Waals surface area contributed by atoms with E-state index >= 15 is 0 Å². The van der Waals surface area contributed by atoms with Gasteiger partial charge in [0.05, 0.1) is 11.5 Å². The van der Waals surface area contributed by atoms with Gasteiger partial charge in [0, 0.05) is 0 Å². The highest BCUT2D eigenvalue weighted by molar-refractivity contribution is 7.89. The second-order valence-electron chi connectivity index (χ2n) is 2.27.